The first kappa shape index (κ1) is 14.4. The van der Waals surface area contributed by atoms with Crippen molar-refractivity contribution in [2.24, 2.45) is 11.7 Å². The third-order valence-corrected chi connectivity index (χ3v) is 3.98. The molecule has 3 nitrogen and oxygen atoms in total. The summed E-state index contributed by atoms with van der Waals surface area (Å²) in [5.41, 5.74) is 9.62. The highest BCUT2D eigenvalue weighted by Crippen LogP contribution is 2.26. The lowest BCUT2D eigenvalue weighted by molar-refractivity contribution is 0.257. The first-order valence-electron chi connectivity index (χ1n) is 7.20. The van der Waals surface area contributed by atoms with Crippen molar-refractivity contribution in [3.05, 3.63) is 28.8 Å². The lowest BCUT2D eigenvalue weighted by Gasteiger charge is -2.32. The molecule has 19 heavy (non-hydrogen) atoms. The Kier molecular flexibility index (Phi) is 4.83. The summed E-state index contributed by atoms with van der Waals surface area (Å²) < 4.78 is 5.51. The summed E-state index contributed by atoms with van der Waals surface area (Å²) in [7, 11) is 1.75. The van der Waals surface area contributed by atoms with Gasteiger partial charge in [-0.2, -0.15) is 0 Å². The highest BCUT2D eigenvalue weighted by atomic mass is 16.5. The fourth-order valence-corrected chi connectivity index (χ4v) is 3.00. The predicted octanol–water partition coefficient (Wildman–Crippen LogP) is 2.18. The van der Waals surface area contributed by atoms with Gasteiger partial charge in [-0.25, -0.2) is 0 Å². The van der Waals surface area contributed by atoms with Crippen molar-refractivity contribution >= 4 is 0 Å². The summed E-state index contributed by atoms with van der Waals surface area (Å²) in [6, 6.07) is 4.85. The molecule has 0 heterocycles. The number of benzene rings is 1. The Hall–Kier alpha value is -1.06. The van der Waals surface area contributed by atoms with E-state index in [-0.39, 0.29) is 0 Å². The van der Waals surface area contributed by atoms with Gasteiger partial charge in [-0.3, -0.25) is 0 Å². The normalized spacial score (nSPS) is 22.1. The van der Waals surface area contributed by atoms with E-state index in [1.54, 1.807) is 7.11 Å². The molecule has 0 unspecified atom stereocenters. The van der Waals surface area contributed by atoms with Crippen LogP contribution in [-0.2, 0) is 6.42 Å². The lowest BCUT2D eigenvalue weighted by Crippen LogP contribution is -2.41. The van der Waals surface area contributed by atoms with Crippen LogP contribution in [0.25, 0.3) is 0 Å². The maximum atomic E-state index is 5.79. The molecule has 106 valence electrons. The summed E-state index contributed by atoms with van der Waals surface area (Å²) in [5, 5.41) is 3.54. The molecule has 0 aliphatic heterocycles. The van der Waals surface area contributed by atoms with Crippen LogP contribution in [0.4, 0.5) is 0 Å². The first-order chi connectivity index (χ1) is 9.10. The molecule has 0 atom stereocenters. The van der Waals surface area contributed by atoms with Gasteiger partial charge in [0.05, 0.1) is 7.11 Å². The molecule has 0 amide bonds. The minimum absolute atomic E-state index is 0.450. The van der Waals surface area contributed by atoms with Gasteiger partial charge in [0, 0.05) is 6.04 Å². The molecule has 1 fully saturated rings. The SMILES string of the molecule is COc1c(C)cc(C)cc1CCNCC1CC(N)C1. The number of hydrogen-bond acceptors (Lipinski definition) is 3. The monoisotopic (exact) mass is 262 g/mol. The molecule has 1 saturated carbocycles. The molecular formula is C16H26N2O. The molecular weight excluding hydrogens is 236 g/mol. The molecule has 0 saturated heterocycles. The van der Waals surface area contributed by atoms with Crippen LogP contribution < -0.4 is 15.8 Å². The number of aryl methyl sites for hydroxylation is 2. The van der Waals surface area contributed by atoms with E-state index in [9.17, 15) is 0 Å². The van der Waals surface area contributed by atoms with E-state index >= 15 is 0 Å². The molecule has 1 aliphatic carbocycles. The molecule has 2 rings (SSSR count). The van der Waals surface area contributed by atoms with Gasteiger partial charge < -0.3 is 15.8 Å². The molecule has 3 N–H and O–H groups in total. The van der Waals surface area contributed by atoms with Crippen LogP contribution in [0.3, 0.4) is 0 Å². The Balaban J connectivity index is 1.81. The zero-order valence-corrected chi connectivity index (χ0v) is 12.3. The zero-order chi connectivity index (χ0) is 13.8. The van der Waals surface area contributed by atoms with Crippen molar-refractivity contribution in [1.82, 2.24) is 5.32 Å². The number of methoxy groups -OCH3 is 1. The van der Waals surface area contributed by atoms with E-state index in [2.05, 4.69) is 31.3 Å². The minimum atomic E-state index is 0.450. The summed E-state index contributed by atoms with van der Waals surface area (Å²) in [6.45, 7) is 6.35. The number of nitrogens with one attached hydrogen (secondary N) is 1. The third-order valence-electron chi connectivity index (χ3n) is 3.98. The van der Waals surface area contributed by atoms with E-state index < -0.39 is 0 Å². The quantitative estimate of drug-likeness (QED) is 0.773. The average Bonchev–Trinajstić information content (AvgIpc) is 2.31. The molecule has 1 aromatic rings. The smallest absolute Gasteiger partial charge is 0.125 e. The third kappa shape index (κ3) is 3.71. The van der Waals surface area contributed by atoms with Gasteiger partial charge in [-0.1, -0.05) is 17.7 Å². The molecule has 0 bridgehead atoms. The zero-order valence-electron chi connectivity index (χ0n) is 12.3. The van der Waals surface area contributed by atoms with Crippen molar-refractivity contribution in [3.8, 4) is 5.75 Å². The second kappa shape index (κ2) is 6.40. The highest BCUT2D eigenvalue weighted by Gasteiger charge is 2.24. The van der Waals surface area contributed by atoms with Gasteiger partial charge >= 0.3 is 0 Å². The predicted molar refractivity (Wildman–Crippen MR) is 79.7 cm³/mol. The summed E-state index contributed by atoms with van der Waals surface area (Å²) in [4.78, 5) is 0. The molecule has 3 heteroatoms. The van der Waals surface area contributed by atoms with Gasteiger partial charge in [-0.15, -0.1) is 0 Å². The van der Waals surface area contributed by atoms with E-state index in [0.717, 1.165) is 31.2 Å². The Bertz CT molecular complexity index is 425. The van der Waals surface area contributed by atoms with Gasteiger partial charge in [0.15, 0.2) is 0 Å². The number of rotatable bonds is 6. The molecule has 0 radical (unpaired) electrons. The van der Waals surface area contributed by atoms with Crippen LogP contribution in [0.1, 0.15) is 29.5 Å². The maximum Gasteiger partial charge on any atom is 0.125 e. The fraction of sp³-hybridized carbons (Fsp3) is 0.625. The topological polar surface area (TPSA) is 47.3 Å². The Morgan fingerprint density at radius 1 is 1.32 bits per heavy atom. The van der Waals surface area contributed by atoms with E-state index in [0.29, 0.717) is 6.04 Å². The number of nitrogens with two attached hydrogens (primary N) is 1. The van der Waals surface area contributed by atoms with Crippen LogP contribution in [0.15, 0.2) is 12.1 Å². The van der Waals surface area contributed by atoms with Crippen molar-refractivity contribution in [1.29, 1.82) is 0 Å². The molecule has 0 aromatic heterocycles. The molecule has 0 spiro atoms. The molecule has 1 aromatic carbocycles. The van der Waals surface area contributed by atoms with Gasteiger partial charge in [0.1, 0.15) is 5.75 Å². The average molecular weight is 262 g/mol. The first-order valence-corrected chi connectivity index (χ1v) is 7.20. The summed E-state index contributed by atoms with van der Waals surface area (Å²) >= 11 is 0. The maximum absolute atomic E-state index is 5.79. The van der Waals surface area contributed by atoms with Crippen molar-refractivity contribution in [2.75, 3.05) is 20.2 Å². The van der Waals surface area contributed by atoms with Crippen LogP contribution in [0.2, 0.25) is 0 Å². The van der Waals surface area contributed by atoms with Crippen molar-refractivity contribution < 1.29 is 4.74 Å². The second-order valence-corrected chi connectivity index (χ2v) is 5.83. The second-order valence-electron chi connectivity index (χ2n) is 5.83. The fourth-order valence-electron chi connectivity index (χ4n) is 3.00. The van der Waals surface area contributed by atoms with Crippen LogP contribution >= 0.6 is 0 Å². The van der Waals surface area contributed by atoms with Crippen molar-refractivity contribution in [3.63, 3.8) is 0 Å². The van der Waals surface area contributed by atoms with Gasteiger partial charge in [0.2, 0.25) is 0 Å². The molecule has 1 aliphatic rings. The Morgan fingerprint density at radius 3 is 2.68 bits per heavy atom. The summed E-state index contributed by atoms with van der Waals surface area (Å²) in [5.74, 6) is 1.83. The number of hydrogen-bond donors (Lipinski definition) is 2. The largest absolute Gasteiger partial charge is 0.496 e. The highest BCUT2D eigenvalue weighted by molar-refractivity contribution is 5.43. The number of ether oxygens (including phenoxy) is 1. The van der Waals surface area contributed by atoms with E-state index in [1.807, 2.05) is 0 Å². The Labute approximate surface area is 116 Å². The van der Waals surface area contributed by atoms with E-state index in [1.165, 1.54) is 29.5 Å². The lowest BCUT2D eigenvalue weighted by atomic mass is 9.81. The van der Waals surface area contributed by atoms with Gasteiger partial charge in [-0.05, 0) is 63.2 Å². The minimum Gasteiger partial charge on any atom is -0.496 e. The Morgan fingerprint density at radius 2 is 2.05 bits per heavy atom. The van der Waals surface area contributed by atoms with Crippen LogP contribution in [0, 0.1) is 19.8 Å². The van der Waals surface area contributed by atoms with Crippen LogP contribution in [0.5, 0.6) is 5.75 Å². The summed E-state index contributed by atoms with van der Waals surface area (Å²) in [6.07, 6.45) is 3.38. The standard InChI is InChI=1S/C16H26N2O/c1-11-6-12(2)16(19-3)14(7-11)4-5-18-10-13-8-15(17)9-13/h6-7,13,15,18H,4-5,8-10,17H2,1-3H3. The van der Waals surface area contributed by atoms with Gasteiger partial charge in [0.25, 0.3) is 0 Å². The van der Waals surface area contributed by atoms with Crippen LogP contribution in [-0.4, -0.2) is 26.2 Å². The van der Waals surface area contributed by atoms with Crippen molar-refractivity contribution in [2.45, 2.75) is 39.2 Å². The van der Waals surface area contributed by atoms with E-state index in [4.69, 9.17) is 10.5 Å².